The Bertz CT molecular complexity index is 895. The number of piperazine rings is 1. The quantitative estimate of drug-likeness (QED) is 0.775. The topological polar surface area (TPSA) is 73.0 Å². The molecular weight excluding hydrogens is 412 g/mol. The zero-order chi connectivity index (χ0) is 21.6. The molecule has 1 aromatic heterocycles. The molecule has 0 unspecified atom stereocenters. The van der Waals surface area contributed by atoms with E-state index in [1.54, 1.807) is 0 Å². The van der Waals surface area contributed by atoms with Crippen LogP contribution in [-0.4, -0.2) is 78.2 Å². The number of carbonyl (C=O) groups excluding carboxylic acids is 3. The van der Waals surface area contributed by atoms with Crippen LogP contribution in [0.1, 0.15) is 22.5 Å². The number of amides is 3. The van der Waals surface area contributed by atoms with Gasteiger partial charge in [0.2, 0.25) is 11.8 Å². The predicted molar refractivity (Wildman–Crippen MR) is 121 cm³/mol. The van der Waals surface area contributed by atoms with Crippen molar-refractivity contribution >= 4 is 34.7 Å². The number of thiophene rings is 1. The molecule has 0 saturated carbocycles. The van der Waals surface area contributed by atoms with Crippen LogP contribution in [0.5, 0.6) is 0 Å². The maximum atomic E-state index is 13.1. The molecule has 4 rings (SSSR count). The SMILES string of the molecule is O=C(CN1CCN(C(=O)[C@@H]2CCCN(C(=O)c3cccs3)C2)CC1)Nc1ccccc1. The van der Waals surface area contributed by atoms with E-state index in [-0.39, 0.29) is 23.6 Å². The van der Waals surface area contributed by atoms with Gasteiger partial charge in [0.15, 0.2) is 0 Å². The van der Waals surface area contributed by atoms with E-state index in [0.717, 1.165) is 23.4 Å². The van der Waals surface area contributed by atoms with Crippen LogP contribution in [0.3, 0.4) is 0 Å². The van der Waals surface area contributed by atoms with Crippen molar-refractivity contribution in [2.45, 2.75) is 12.8 Å². The molecule has 2 fully saturated rings. The Morgan fingerprint density at radius 2 is 1.71 bits per heavy atom. The molecule has 0 spiro atoms. The third-order valence-electron chi connectivity index (χ3n) is 5.90. The number of anilines is 1. The number of likely N-dealkylation sites (tertiary alicyclic amines) is 1. The minimum atomic E-state index is -0.134. The van der Waals surface area contributed by atoms with E-state index in [4.69, 9.17) is 0 Å². The summed E-state index contributed by atoms with van der Waals surface area (Å²) in [4.78, 5) is 44.5. The van der Waals surface area contributed by atoms with Crippen LogP contribution in [0.4, 0.5) is 5.69 Å². The number of piperidine rings is 1. The van der Waals surface area contributed by atoms with E-state index in [1.807, 2.05) is 57.6 Å². The monoisotopic (exact) mass is 440 g/mol. The van der Waals surface area contributed by atoms with Gasteiger partial charge in [-0.05, 0) is 36.4 Å². The van der Waals surface area contributed by atoms with Gasteiger partial charge in [-0.15, -0.1) is 11.3 Å². The second kappa shape index (κ2) is 10.1. The summed E-state index contributed by atoms with van der Waals surface area (Å²) in [5.74, 6) is -0.00889. The van der Waals surface area contributed by atoms with Crippen molar-refractivity contribution in [2.75, 3.05) is 51.1 Å². The van der Waals surface area contributed by atoms with Gasteiger partial charge in [0, 0.05) is 45.0 Å². The van der Waals surface area contributed by atoms with Crippen LogP contribution in [0.25, 0.3) is 0 Å². The van der Waals surface area contributed by atoms with E-state index in [1.165, 1.54) is 11.3 Å². The highest BCUT2D eigenvalue weighted by Crippen LogP contribution is 2.22. The lowest BCUT2D eigenvalue weighted by Gasteiger charge is -2.38. The molecular formula is C23H28N4O3S. The molecule has 31 heavy (non-hydrogen) atoms. The van der Waals surface area contributed by atoms with E-state index in [9.17, 15) is 14.4 Å². The number of benzene rings is 1. The number of rotatable bonds is 5. The fourth-order valence-electron chi connectivity index (χ4n) is 4.23. The molecule has 0 bridgehead atoms. The Morgan fingerprint density at radius 1 is 0.935 bits per heavy atom. The second-order valence-electron chi connectivity index (χ2n) is 8.08. The van der Waals surface area contributed by atoms with Gasteiger partial charge >= 0.3 is 0 Å². The Morgan fingerprint density at radius 3 is 2.42 bits per heavy atom. The smallest absolute Gasteiger partial charge is 0.263 e. The lowest BCUT2D eigenvalue weighted by atomic mass is 9.96. The third-order valence-corrected chi connectivity index (χ3v) is 6.76. The molecule has 2 aliphatic heterocycles. The summed E-state index contributed by atoms with van der Waals surface area (Å²) in [6.07, 6.45) is 1.68. The summed E-state index contributed by atoms with van der Waals surface area (Å²) in [6, 6.07) is 13.1. The Kier molecular flexibility index (Phi) is 6.99. The molecule has 1 N–H and O–H groups in total. The lowest BCUT2D eigenvalue weighted by Crippen LogP contribution is -2.53. The van der Waals surface area contributed by atoms with Crippen molar-refractivity contribution in [3.8, 4) is 0 Å². The second-order valence-corrected chi connectivity index (χ2v) is 9.03. The number of carbonyl (C=O) groups is 3. The van der Waals surface area contributed by atoms with Gasteiger partial charge < -0.3 is 15.1 Å². The van der Waals surface area contributed by atoms with E-state index in [2.05, 4.69) is 10.2 Å². The zero-order valence-corrected chi connectivity index (χ0v) is 18.4. The first-order chi connectivity index (χ1) is 15.1. The van der Waals surface area contributed by atoms with E-state index < -0.39 is 0 Å². The predicted octanol–water partition coefficient (Wildman–Crippen LogP) is 2.38. The maximum Gasteiger partial charge on any atom is 0.263 e. The van der Waals surface area contributed by atoms with Crippen LogP contribution in [0.15, 0.2) is 47.8 Å². The molecule has 3 heterocycles. The Hall–Kier alpha value is -2.71. The fraction of sp³-hybridized carbons (Fsp3) is 0.435. The largest absolute Gasteiger partial charge is 0.340 e. The van der Waals surface area contributed by atoms with Crippen molar-refractivity contribution in [3.63, 3.8) is 0 Å². The Balaban J connectivity index is 1.24. The van der Waals surface area contributed by atoms with Crippen molar-refractivity contribution in [2.24, 2.45) is 5.92 Å². The van der Waals surface area contributed by atoms with Gasteiger partial charge in [-0.2, -0.15) is 0 Å². The van der Waals surface area contributed by atoms with Gasteiger partial charge in [-0.1, -0.05) is 24.3 Å². The number of nitrogens with zero attached hydrogens (tertiary/aromatic N) is 3. The van der Waals surface area contributed by atoms with Crippen molar-refractivity contribution in [1.29, 1.82) is 0 Å². The van der Waals surface area contributed by atoms with Gasteiger partial charge in [0.25, 0.3) is 5.91 Å². The summed E-state index contributed by atoms with van der Waals surface area (Å²) >= 11 is 1.44. The number of nitrogens with one attached hydrogen (secondary N) is 1. The number of hydrogen-bond donors (Lipinski definition) is 1. The van der Waals surface area contributed by atoms with E-state index in [0.29, 0.717) is 45.8 Å². The first kappa shape index (κ1) is 21.5. The van der Waals surface area contributed by atoms with Crippen LogP contribution in [0.2, 0.25) is 0 Å². The highest BCUT2D eigenvalue weighted by Gasteiger charge is 2.33. The molecule has 2 saturated heterocycles. The normalized spacial score (nSPS) is 19.8. The highest BCUT2D eigenvalue weighted by molar-refractivity contribution is 7.12. The minimum absolute atomic E-state index is 0.0294. The summed E-state index contributed by atoms with van der Waals surface area (Å²) < 4.78 is 0. The maximum absolute atomic E-state index is 13.1. The third kappa shape index (κ3) is 5.51. The summed E-state index contributed by atoms with van der Waals surface area (Å²) in [5, 5.41) is 4.81. The summed E-state index contributed by atoms with van der Waals surface area (Å²) in [7, 11) is 0. The highest BCUT2D eigenvalue weighted by atomic mass is 32.1. The van der Waals surface area contributed by atoms with Gasteiger partial charge in [0.05, 0.1) is 17.3 Å². The van der Waals surface area contributed by atoms with Crippen molar-refractivity contribution < 1.29 is 14.4 Å². The fourth-order valence-corrected chi connectivity index (χ4v) is 4.92. The molecule has 2 aliphatic rings. The van der Waals surface area contributed by atoms with Crippen LogP contribution in [-0.2, 0) is 9.59 Å². The summed E-state index contributed by atoms with van der Waals surface area (Å²) in [6.45, 7) is 4.13. The first-order valence-electron chi connectivity index (χ1n) is 10.8. The summed E-state index contributed by atoms with van der Waals surface area (Å²) in [5.41, 5.74) is 0.792. The molecule has 0 radical (unpaired) electrons. The van der Waals surface area contributed by atoms with Crippen molar-refractivity contribution in [1.82, 2.24) is 14.7 Å². The molecule has 8 heteroatoms. The van der Waals surface area contributed by atoms with Gasteiger partial charge in [0.1, 0.15) is 0 Å². The standard InChI is InChI=1S/C23H28N4O3S/c28-21(24-19-7-2-1-3-8-19)17-25-11-13-26(14-12-25)22(29)18-6-4-10-27(16-18)23(30)20-9-5-15-31-20/h1-3,5,7-9,15,18H,4,6,10-14,16-17H2,(H,24,28)/t18-/m1/s1. The van der Waals surface area contributed by atoms with Crippen LogP contribution < -0.4 is 5.32 Å². The van der Waals surface area contributed by atoms with Crippen LogP contribution in [0, 0.1) is 5.92 Å². The molecule has 1 atom stereocenters. The molecule has 1 aromatic carbocycles. The van der Waals surface area contributed by atoms with Gasteiger partial charge in [-0.25, -0.2) is 0 Å². The molecule has 164 valence electrons. The number of hydrogen-bond acceptors (Lipinski definition) is 5. The molecule has 0 aliphatic carbocycles. The van der Waals surface area contributed by atoms with E-state index >= 15 is 0 Å². The molecule has 2 aromatic rings. The zero-order valence-electron chi connectivity index (χ0n) is 17.5. The Labute approximate surface area is 186 Å². The number of para-hydroxylation sites is 1. The van der Waals surface area contributed by atoms with Crippen LogP contribution >= 0.6 is 11.3 Å². The average Bonchev–Trinajstić information content (AvgIpc) is 3.34. The molecule has 3 amide bonds. The van der Waals surface area contributed by atoms with Gasteiger partial charge in [-0.3, -0.25) is 19.3 Å². The molecule has 7 nitrogen and oxygen atoms in total. The minimum Gasteiger partial charge on any atom is -0.340 e. The first-order valence-corrected chi connectivity index (χ1v) is 11.7. The lowest BCUT2D eigenvalue weighted by molar-refractivity contribution is -0.138. The van der Waals surface area contributed by atoms with Crippen molar-refractivity contribution in [3.05, 3.63) is 52.7 Å². The average molecular weight is 441 g/mol.